The largest absolute Gasteiger partial charge is 0.379 e. The zero-order chi connectivity index (χ0) is 12.5. The third kappa shape index (κ3) is 5.69. The van der Waals surface area contributed by atoms with Crippen LogP contribution in [0.15, 0.2) is 0 Å². The summed E-state index contributed by atoms with van der Waals surface area (Å²) in [7, 11) is 0. The van der Waals surface area contributed by atoms with Crippen LogP contribution in [0.25, 0.3) is 0 Å². The van der Waals surface area contributed by atoms with E-state index in [-0.39, 0.29) is 12.2 Å². The number of hydrogen-bond donors (Lipinski definition) is 0. The molecule has 17 heavy (non-hydrogen) atoms. The highest BCUT2D eigenvalue weighted by molar-refractivity contribution is 9.09. The first-order valence-corrected chi connectivity index (χ1v) is 7.66. The highest BCUT2D eigenvalue weighted by Gasteiger charge is 2.41. The van der Waals surface area contributed by atoms with Gasteiger partial charge >= 0.3 is 0 Å². The summed E-state index contributed by atoms with van der Waals surface area (Å²) in [6.45, 7) is 7.34. The van der Waals surface area contributed by atoms with Gasteiger partial charge in [-0.05, 0) is 19.3 Å². The molecule has 0 aromatic carbocycles. The molecule has 3 atom stereocenters. The Morgan fingerprint density at radius 1 is 1.00 bits per heavy atom. The summed E-state index contributed by atoms with van der Waals surface area (Å²) in [6.07, 6.45) is 4.90. The molecule has 1 aliphatic carbocycles. The maximum atomic E-state index is 5.76. The summed E-state index contributed by atoms with van der Waals surface area (Å²) in [5.74, 6) is 0. The van der Waals surface area contributed by atoms with Crippen molar-refractivity contribution in [3.05, 3.63) is 0 Å². The van der Waals surface area contributed by atoms with Crippen molar-refractivity contribution < 1.29 is 14.2 Å². The summed E-state index contributed by atoms with van der Waals surface area (Å²) in [6, 6.07) is 0. The zero-order valence-corrected chi connectivity index (χ0v) is 12.6. The molecule has 102 valence electrons. The minimum atomic E-state index is 0.227. The van der Waals surface area contributed by atoms with Gasteiger partial charge in [-0.2, -0.15) is 0 Å². The van der Waals surface area contributed by atoms with E-state index in [4.69, 9.17) is 14.2 Å². The Balaban J connectivity index is 1.99. The van der Waals surface area contributed by atoms with E-state index in [1.165, 1.54) is 6.42 Å². The number of hydrogen-bond acceptors (Lipinski definition) is 3. The molecule has 0 aromatic heterocycles. The second kappa shape index (κ2) is 9.31. The predicted molar refractivity (Wildman–Crippen MR) is 72.8 cm³/mol. The Labute approximate surface area is 113 Å². The average molecular weight is 309 g/mol. The third-order valence-electron chi connectivity index (χ3n) is 2.90. The Morgan fingerprint density at radius 2 is 1.82 bits per heavy atom. The first kappa shape index (κ1) is 15.4. The summed E-state index contributed by atoms with van der Waals surface area (Å²) < 4.78 is 17.0. The van der Waals surface area contributed by atoms with E-state index in [1.807, 2.05) is 0 Å². The first-order valence-electron chi connectivity index (χ1n) is 6.74. The molecule has 0 amide bonds. The third-order valence-corrected chi connectivity index (χ3v) is 3.79. The number of unbranched alkanes of at least 4 members (excludes halogenated alkanes) is 1. The van der Waals surface area contributed by atoms with Gasteiger partial charge in [0, 0.05) is 18.0 Å². The maximum absolute atomic E-state index is 5.76. The fraction of sp³-hybridized carbons (Fsp3) is 1.00. The molecule has 1 saturated carbocycles. The molecular formula is C13H25BrO3. The van der Waals surface area contributed by atoms with Crippen molar-refractivity contribution >= 4 is 15.9 Å². The summed E-state index contributed by atoms with van der Waals surface area (Å²) in [4.78, 5) is 0.458. The number of alkyl halides is 1. The molecule has 3 unspecified atom stereocenters. The first-order chi connectivity index (χ1) is 8.29. The van der Waals surface area contributed by atoms with Crippen molar-refractivity contribution in [2.75, 3.05) is 26.4 Å². The van der Waals surface area contributed by atoms with Crippen LogP contribution in [-0.4, -0.2) is 43.5 Å². The molecule has 0 N–H and O–H groups in total. The fourth-order valence-electron chi connectivity index (χ4n) is 1.76. The highest BCUT2D eigenvalue weighted by atomic mass is 79.9. The van der Waals surface area contributed by atoms with E-state index in [0.29, 0.717) is 18.0 Å². The van der Waals surface area contributed by atoms with E-state index in [1.54, 1.807) is 0 Å². The molecule has 0 saturated heterocycles. The molecule has 0 bridgehead atoms. The van der Waals surface area contributed by atoms with Crippen molar-refractivity contribution in [1.82, 2.24) is 0 Å². The zero-order valence-electron chi connectivity index (χ0n) is 11.0. The van der Waals surface area contributed by atoms with E-state index in [0.717, 1.165) is 32.5 Å². The standard InChI is InChI=1S/C13H25BrO3/c1-3-5-7-15-8-9-16-12-10-11(14)13(12)17-6-4-2/h11-13H,3-10H2,1-2H3. The lowest BCUT2D eigenvalue weighted by Crippen LogP contribution is -2.51. The normalized spacial score (nSPS) is 28.1. The van der Waals surface area contributed by atoms with Gasteiger partial charge in [0.05, 0.1) is 25.4 Å². The minimum Gasteiger partial charge on any atom is -0.379 e. The van der Waals surface area contributed by atoms with E-state index in [9.17, 15) is 0 Å². The second-order valence-electron chi connectivity index (χ2n) is 4.46. The average Bonchev–Trinajstić information content (AvgIpc) is 2.32. The van der Waals surface area contributed by atoms with Crippen LogP contribution in [0.4, 0.5) is 0 Å². The quantitative estimate of drug-likeness (QED) is 0.458. The number of rotatable bonds is 10. The summed E-state index contributed by atoms with van der Waals surface area (Å²) in [5.41, 5.74) is 0. The molecule has 4 heteroatoms. The van der Waals surface area contributed by atoms with Gasteiger partial charge in [-0.1, -0.05) is 36.2 Å². The Hall–Kier alpha value is 0.360. The molecule has 3 nitrogen and oxygen atoms in total. The van der Waals surface area contributed by atoms with Gasteiger partial charge in [0.2, 0.25) is 0 Å². The number of ether oxygens (including phenoxy) is 3. The van der Waals surface area contributed by atoms with E-state index >= 15 is 0 Å². The number of halogens is 1. The second-order valence-corrected chi connectivity index (χ2v) is 5.64. The van der Waals surface area contributed by atoms with Crippen LogP contribution in [0.3, 0.4) is 0 Å². The van der Waals surface area contributed by atoms with Crippen LogP contribution in [-0.2, 0) is 14.2 Å². The smallest absolute Gasteiger partial charge is 0.0962 e. The van der Waals surface area contributed by atoms with Crippen molar-refractivity contribution in [3.8, 4) is 0 Å². The van der Waals surface area contributed by atoms with Crippen LogP contribution in [0.1, 0.15) is 39.5 Å². The lowest BCUT2D eigenvalue weighted by Gasteiger charge is -2.40. The van der Waals surface area contributed by atoms with Crippen LogP contribution < -0.4 is 0 Å². The highest BCUT2D eigenvalue weighted by Crippen LogP contribution is 2.33. The molecule has 1 aliphatic rings. The van der Waals surface area contributed by atoms with Crippen LogP contribution in [0, 0.1) is 0 Å². The maximum Gasteiger partial charge on any atom is 0.0962 e. The Bertz CT molecular complexity index is 190. The van der Waals surface area contributed by atoms with Gasteiger partial charge in [-0.3, -0.25) is 0 Å². The van der Waals surface area contributed by atoms with Gasteiger partial charge in [-0.15, -0.1) is 0 Å². The molecule has 0 aliphatic heterocycles. The van der Waals surface area contributed by atoms with Gasteiger partial charge in [-0.25, -0.2) is 0 Å². The van der Waals surface area contributed by atoms with Crippen molar-refractivity contribution in [1.29, 1.82) is 0 Å². The van der Waals surface area contributed by atoms with Crippen LogP contribution in [0.2, 0.25) is 0 Å². The van der Waals surface area contributed by atoms with E-state index in [2.05, 4.69) is 29.8 Å². The molecule has 0 radical (unpaired) electrons. The monoisotopic (exact) mass is 308 g/mol. The molecular weight excluding hydrogens is 284 g/mol. The molecule has 0 heterocycles. The van der Waals surface area contributed by atoms with Crippen molar-refractivity contribution in [3.63, 3.8) is 0 Å². The topological polar surface area (TPSA) is 27.7 Å². The molecule has 0 aromatic rings. The lowest BCUT2D eigenvalue weighted by molar-refractivity contribution is -0.128. The van der Waals surface area contributed by atoms with Gasteiger partial charge in [0.15, 0.2) is 0 Å². The SMILES string of the molecule is CCCCOCCOC1CC(Br)C1OCCC. The van der Waals surface area contributed by atoms with E-state index < -0.39 is 0 Å². The van der Waals surface area contributed by atoms with Crippen LogP contribution in [0.5, 0.6) is 0 Å². The molecule has 1 fully saturated rings. The summed E-state index contributed by atoms with van der Waals surface area (Å²) in [5, 5.41) is 0. The Morgan fingerprint density at radius 3 is 2.47 bits per heavy atom. The van der Waals surface area contributed by atoms with Gasteiger partial charge in [0.1, 0.15) is 0 Å². The summed E-state index contributed by atoms with van der Waals surface area (Å²) >= 11 is 3.60. The molecule has 0 spiro atoms. The Kier molecular flexibility index (Phi) is 8.44. The van der Waals surface area contributed by atoms with Crippen molar-refractivity contribution in [2.24, 2.45) is 0 Å². The predicted octanol–water partition coefficient (Wildman–Crippen LogP) is 3.15. The lowest BCUT2D eigenvalue weighted by atomic mass is 9.91. The fourth-order valence-corrected chi connectivity index (χ4v) is 2.62. The van der Waals surface area contributed by atoms with Crippen LogP contribution >= 0.6 is 15.9 Å². The van der Waals surface area contributed by atoms with Gasteiger partial charge < -0.3 is 14.2 Å². The van der Waals surface area contributed by atoms with Crippen molar-refractivity contribution in [2.45, 2.75) is 56.6 Å². The molecule has 1 rings (SSSR count). The minimum absolute atomic E-state index is 0.227. The van der Waals surface area contributed by atoms with Gasteiger partial charge in [0.25, 0.3) is 0 Å².